The van der Waals surface area contributed by atoms with Gasteiger partial charge in [0.15, 0.2) is 0 Å². The maximum atomic E-state index is 11.1. The molecule has 3 rings (SSSR count). The van der Waals surface area contributed by atoms with Gasteiger partial charge in [0.25, 0.3) is 0 Å². The molecule has 1 unspecified atom stereocenters. The third-order valence-corrected chi connectivity index (χ3v) is 3.81. The molecule has 1 aromatic carbocycles. The van der Waals surface area contributed by atoms with E-state index in [1.807, 2.05) is 0 Å². The summed E-state index contributed by atoms with van der Waals surface area (Å²) in [7, 11) is 0. The predicted molar refractivity (Wildman–Crippen MR) is 76.3 cm³/mol. The highest BCUT2D eigenvalue weighted by Gasteiger charge is 2.21. The van der Waals surface area contributed by atoms with Crippen LogP contribution in [0.1, 0.15) is 17.3 Å². The number of aromatic carboxylic acids is 1. The zero-order chi connectivity index (χ0) is 14.8. The lowest BCUT2D eigenvalue weighted by Gasteiger charge is -2.31. The standard InChI is InChI=1S/C14H18N4O3/c1-2-17-5-6-21-11(8-17)9-18-13-7-10(14(19)20)3-4-12(13)15-16-18/h3-4,7,11H,2,5-6,8-9H2,1H3,(H,19,20). The molecule has 7 heteroatoms. The molecule has 0 saturated carbocycles. The van der Waals surface area contributed by atoms with Crippen molar-refractivity contribution in [1.82, 2.24) is 19.9 Å². The first-order valence-corrected chi connectivity index (χ1v) is 7.08. The van der Waals surface area contributed by atoms with Gasteiger partial charge in [-0.1, -0.05) is 12.1 Å². The van der Waals surface area contributed by atoms with Gasteiger partial charge in [0.1, 0.15) is 5.52 Å². The summed E-state index contributed by atoms with van der Waals surface area (Å²) in [6.07, 6.45) is 0.0529. The number of morpholine rings is 1. The lowest BCUT2D eigenvalue weighted by Crippen LogP contribution is -2.44. The van der Waals surface area contributed by atoms with Crippen molar-refractivity contribution in [1.29, 1.82) is 0 Å². The highest BCUT2D eigenvalue weighted by Crippen LogP contribution is 2.15. The number of ether oxygens (including phenoxy) is 1. The lowest BCUT2D eigenvalue weighted by molar-refractivity contribution is -0.0354. The van der Waals surface area contributed by atoms with Crippen LogP contribution in [0.25, 0.3) is 11.0 Å². The number of carboxylic acid groups (broad SMARTS) is 1. The van der Waals surface area contributed by atoms with Gasteiger partial charge in [0.2, 0.25) is 0 Å². The number of carbonyl (C=O) groups is 1. The van der Waals surface area contributed by atoms with Gasteiger partial charge in [0, 0.05) is 13.1 Å². The Labute approximate surface area is 122 Å². The highest BCUT2D eigenvalue weighted by molar-refractivity contribution is 5.92. The molecular weight excluding hydrogens is 272 g/mol. The van der Waals surface area contributed by atoms with Crippen LogP contribution in [-0.2, 0) is 11.3 Å². The number of carboxylic acids is 1. The summed E-state index contributed by atoms with van der Waals surface area (Å²) in [5.41, 5.74) is 1.67. The van der Waals surface area contributed by atoms with Gasteiger partial charge in [-0.3, -0.25) is 4.90 Å². The van der Waals surface area contributed by atoms with Crippen molar-refractivity contribution < 1.29 is 14.6 Å². The summed E-state index contributed by atoms with van der Waals surface area (Å²) in [6, 6.07) is 4.83. The first kappa shape index (κ1) is 14.0. The second kappa shape index (κ2) is 5.79. The van der Waals surface area contributed by atoms with E-state index in [4.69, 9.17) is 9.84 Å². The summed E-state index contributed by atoms with van der Waals surface area (Å²) >= 11 is 0. The quantitative estimate of drug-likeness (QED) is 0.899. The molecule has 1 atom stereocenters. The zero-order valence-electron chi connectivity index (χ0n) is 11.9. The van der Waals surface area contributed by atoms with Crippen LogP contribution in [0.2, 0.25) is 0 Å². The molecular formula is C14H18N4O3. The van der Waals surface area contributed by atoms with Gasteiger partial charge < -0.3 is 9.84 Å². The van der Waals surface area contributed by atoms with Crippen LogP contribution in [0.3, 0.4) is 0 Å². The summed E-state index contributed by atoms with van der Waals surface area (Å²) in [5, 5.41) is 17.3. The molecule has 0 bridgehead atoms. The molecule has 2 aromatic rings. The Morgan fingerprint density at radius 1 is 1.52 bits per heavy atom. The van der Waals surface area contributed by atoms with Crippen LogP contribution in [-0.4, -0.2) is 63.3 Å². The number of rotatable bonds is 4. The summed E-state index contributed by atoms with van der Waals surface area (Å²) in [6.45, 7) is 6.24. The number of hydrogen-bond acceptors (Lipinski definition) is 5. The zero-order valence-corrected chi connectivity index (χ0v) is 11.9. The summed E-state index contributed by atoms with van der Waals surface area (Å²) in [4.78, 5) is 13.4. The van der Waals surface area contributed by atoms with E-state index >= 15 is 0 Å². The summed E-state index contributed by atoms with van der Waals surface area (Å²) < 4.78 is 7.49. The van der Waals surface area contributed by atoms with E-state index in [9.17, 15) is 4.79 Å². The Bertz CT molecular complexity index is 655. The molecule has 7 nitrogen and oxygen atoms in total. The molecule has 1 fully saturated rings. The normalized spacial score (nSPS) is 20.0. The molecule has 1 aliphatic heterocycles. The van der Waals surface area contributed by atoms with Gasteiger partial charge in [-0.25, -0.2) is 9.48 Å². The van der Waals surface area contributed by atoms with E-state index in [2.05, 4.69) is 22.1 Å². The minimum Gasteiger partial charge on any atom is -0.478 e. The second-order valence-electron chi connectivity index (χ2n) is 5.17. The molecule has 112 valence electrons. The largest absolute Gasteiger partial charge is 0.478 e. The fraction of sp³-hybridized carbons (Fsp3) is 0.500. The minimum atomic E-state index is -0.948. The molecule has 1 aromatic heterocycles. The molecule has 0 spiro atoms. The average molecular weight is 290 g/mol. The number of aromatic nitrogens is 3. The Balaban J connectivity index is 1.83. The van der Waals surface area contributed by atoms with Crippen LogP contribution < -0.4 is 0 Å². The van der Waals surface area contributed by atoms with Crippen molar-refractivity contribution in [2.75, 3.05) is 26.2 Å². The van der Waals surface area contributed by atoms with E-state index in [1.165, 1.54) is 0 Å². The van der Waals surface area contributed by atoms with Gasteiger partial charge in [-0.15, -0.1) is 5.10 Å². The topological polar surface area (TPSA) is 80.5 Å². The van der Waals surface area contributed by atoms with Gasteiger partial charge in [0.05, 0.1) is 30.3 Å². The van der Waals surface area contributed by atoms with Gasteiger partial charge in [-0.05, 0) is 24.7 Å². The molecule has 1 saturated heterocycles. The van der Waals surface area contributed by atoms with Crippen LogP contribution >= 0.6 is 0 Å². The summed E-state index contributed by atoms with van der Waals surface area (Å²) in [5.74, 6) is -0.948. The fourth-order valence-electron chi connectivity index (χ4n) is 2.60. The van der Waals surface area contributed by atoms with Crippen LogP contribution in [0.15, 0.2) is 18.2 Å². The molecule has 21 heavy (non-hydrogen) atoms. The fourth-order valence-corrected chi connectivity index (χ4v) is 2.60. The Morgan fingerprint density at radius 2 is 2.38 bits per heavy atom. The van der Waals surface area contributed by atoms with Gasteiger partial charge in [-0.2, -0.15) is 0 Å². The number of hydrogen-bond donors (Lipinski definition) is 1. The maximum absolute atomic E-state index is 11.1. The predicted octanol–water partition coefficient (Wildman–Crippen LogP) is 0.850. The van der Waals surface area contributed by atoms with E-state index in [1.54, 1.807) is 22.9 Å². The third kappa shape index (κ3) is 2.88. The molecule has 0 amide bonds. The maximum Gasteiger partial charge on any atom is 0.335 e. The molecule has 0 aliphatic carbocycles. The Kier molecular flexibility index (Phi) is 3.85. The van der Waals surface area contributed by atoms with Gasteiger partial charge >= 0.3 is 5.97 Å². The molecule has 1 aliphatic rings. The van der Waals surface area contributed by atoms with Crippen molar-refractivity contribution in [2.45, 2.75) is 19.6 Å². The van der Waals surface area contributed by atoms with E-state index in [0.717, 1.165) is 25.2 Å². The van der Waals surface area contributed by atoms with Crippen molar-refractivity contribution in [3.8, 4) is 0 Å². The number of fused-ring (bicyclic) bond motifs is 1. The molecule has 1 N–H and O–H groups in total. The first-order valence-electron chi connectivity index (χ1n) is 7.08. The van der Waals surface area contributed by atoms with Crippen LogP contribution in [0.4, 0.5) is 0 Å². The van der Waals surface area contributed by atoms with E-state index in [0.29, 0.717) is 18.7 Å². The SMILES string of the molecule is CCN1CCOC(Cn2nnc3ccc(C(=O)O)cc32)C1. The van der Waals surface area contributed by atoms with E-state index in [-0.39, 0.29) is 11.7 Å². The number of nitrogens with zero attached hydrogens (tertiary/aromatic N) is 4. The Hall–Kier alpha value is -1.99. The van der Waals surface area contributed by atoms with Crippen LogP contribution in [0, 0.1) is 0 Å². The highest BCUT2D eigenvalue weighted by atomic mass is 16.5. The smallest absolute Gasteiger partial charge is 0.335 e. The average Bonchev–Trinajstić information content (AvgIpc) is 2.90. The number of likely N-dealkylation sites (N-methyl/N-ethyl adjacent to an activating group) is 1. The van der Waals surface area contributed by atoms with Crippen molar-refractivity contribution in [2.24, 2.45) is 0 Å². The van der Waals surface area contributed by atoms with Crippen LogP contribution in [0.5, 0.6) is 0 Å². The lowest BCUT2D eigenvalue weighted by atomic mass is 10.2. The van der Waals surface area contributed by atoms with E-state index < -0.39 is 5.97 Å². The second-order valence-corrected chi connectivity index (χ2v) is 5.17. The first-order chi connectivity index (χ1) is 10.2. The Morgan fingerprint density at radius 3 is 3.14 bits per heavy atom. The van der Waals surface area contributed by atoms with Crippen molar-refractivity contribution in [3.05, 3.63) is 23.8 Å². The number of benzene rings is 1. The third-order valence-electron chi connectivity index (χ3n) is 3.81. The molecule has 0 radical (unpaired) electrons. The molecule has 2 heterocycles. The minimum absolute atomic E-state index is 0.0529. The monoisotopic (exact) mass is 290 g/mol. The van der Waals surface area contributed by atoms with Crippen molar-refractivity contribution >= 4 is 17.0 Å². The van der Waals surface area contributed by atoms with Crippen molar-refractivity contribution in [3.63, 3.8) is 0 Å².